The van der Waals surface area contributed by atoms with Crippen molar-refractivity contribution in [3.05, 3.63) is 12.2 Å². The largest absolute Gasteiger partial charge is 0.466 e. The van der Waals surface area contributed by atoms with Crippen molar-refractivity contribution in [2.45, 2.75) is 211 Å². The van der Waals surface area contributed by atoms with Crippen LogP contribution in [0.4, 0.5) is 0 Å². The number of esters is 2. The van der Waals surface area contributed by atoms with E-state index >= 15 is 0 Å². The standard InChI is InChI=1S/C49H85NO18/c1-14-35-32(24-62-48-45(61-13)44(60-12)40(55)28(5)64-48)20-25(2)18-19-33(51)26(3)21-31(16-15-17-36(53)59-11)42(27(4)34(52)22-37(54)66-35)68-47-41(56)39(50(9)10)43(29(6)65-47)67-38-23-49(8,58)46(57)30(7)63-38/h15,17,25-32,34-35,38-48,52,55-58H,14,16,18-24H2,1-13H3/b17-15+/t25?,26-,27-,28-,29+,30+,31+,32-,34-,35-,38-,39+,40-,41+,42-,43-,44-,45-,46+,47-,48-,49-/m1/s1. The van der Waals surface area contributed by atoms with Gasteiger partial charge in [-0.05, 0) is 85.7 Å². The highest BCUT2D eigenvalue weighted by molar-refractivity contribution is 5.81. The number of likely N-dealkylation sites (N-methyl/N-ethyl adjacent to an activating group) is 1. The molecule has 4 aliphatic rings. The van der Waals surface area contributed by atoms with E-state index in [-0.39, 0.29) is 49.9 Å². The Kier molecular flexibility index (Phi) is 22.7. The number of aliphatic hydroxyl groups is 5. The molecule has 19 heteroatoms. The quantitative estimate of drug-likeness (QED) is 0.124. The van der Waals surface area contributed by atoms with E-state index in [1.54, 1.807) is 52.8 Å². The number of ether oxygens (including phenoxy) is 10. The van der Waals surface area contributed by atoms with Crippen LogP contribution in [0.1, 0.15) is 107 Å². The fourth-order valence-corrected chi connectivity index (χ4v) is 10.4. The lowest BCUT2D eigenvalue weighted by molar-refractivity contribution is -0.342. The summed E-state index contributed by atoms with van der Waals surface area (Å²) in [7, 11) is 7.77. The normalized spacial score (nSPS) is 44.2. The van der Waals surface area contributed by atoms with Gasteiger partial charge in [0.25, 0.3) is 0 Å². The first-order valence-electron chi connectivity index (χ1n) is 24.5. The number of aliphatic hydroxyl groups excluding tert-OH is 4. The van der Waals surface area contributed by atoms with E-state index in [0.29, 0.717) is 19.3 Å². The highest BCUT2D eigenvalue weighted by Crippen LogP contribution is 2.38. The van der Waals surface area contributed by atoms with E-state index in [4.69, 9.17) is 47.4 Å². The molecule has 19 nitrogen and oxygen atoms in total. The molecule has 4 saturated heterocycles. The van der Waals surface area contributed by atoms with Gasteiger partial charge in [0, 0.05) is 50.9 Å². The average molecular weight is 976 g/mol. The first-order valence-corrected chi connectivity index (χ1v) is 24.5. The lowest BCUT2D eigenvalue weighted by Gasteiger charge is -2.50. The van der Waals surface area contributed by atoms with Gasteiger partial charge in [0.2, 0.25) is 0 Å². The molecular weight excluding hydrogens is 891 g/mol. The van der Waals surface area contributed by atoms with Crippen molar-refractivity contribution >= 4 is 17.7 Å². The number of hydrogen-bond acceptors (Lipinski definition) is 19. The first-order chi connectivity index (χ1) is 32.0. The molecule has 4 fully saturated rings. The van der Waals surface area contributed by atoms with Gasteiger partial charge in [0.1, 0.15) is 48.5 Å². The zero-order valence-corrected chi connectivity index (χ0v) is 42.6. The van der Waals surface area contributed by atoms with Gasteiger partial charge in [0.05, 0.1) is 62.3 Å². The second kappa shape index (κ2) is 26.5. The van der Waals surface area contributed by atoms with Crippen LogP contribution in [0.25, 0.3) is 0 Å². The van der Waals surface area contributed by atoms with Crippen LogP contribution in [0.2, 0.25) is 0 Å². The number of methoxy groups -OCH3 is 3. The Bertz CT molecular complexity index is 1600. The first kappa shape index (κ1) is 58.4. The Labute approximate surface area is 403 Å². The number of cyclic esters (lactones) is 1. The van der Waals surface area contributed by atoms with Crippen molar-refractivity contribution in [1.82, 2.24) is 4.90 Å². The number of Topliss-reactive ketones (excluding diaryl/α,β-unsaturated/α-hetero) is 1. The van der Waals surface area contributed by atoms with Crippen LogP contribution < -0.4 is 0 Å². The van der Waals surface area contributed by atoms with Crippen molar-refractivity contribution in [3.63, 3.8) is 0 Å². The van der Waals surface area contributed by atoms with Crippen LogP contribution in [-0.4, -0.2) is 194 Å². The average Bonchev–Trinajstić information content (AvgIpc) is 3.28. The smallest absolute Gasteiger partial charge is 0.330 e. The van der Waals surface area contributed by atoms with E-state index in [1.807, 2.05) is 20.8 Å². The lowest BCUT2D eigenvalue weighted by Crippen LogP contribution is -2.65. The number of carbonyl (C=O) groups excluding carboxylic acids is 3. The second-order valence-corrected chi connectivity index (χ2v) is 20.3. The van der Waals surface area contributed by atoms with Gasteiger partial charge >= 0.3 is 11.9 Å². The Morgan fingerprint density at radius 2 is 1.49 bits per heavy atom. The zero-order chi connectivity index (χ0) is 50.8. The van der Waals surface area contributed by atoms with E-state index in [2.05, 4.69) is 0 Å². The molecule has 5 N–H and O–H groups in total. The zero-order valence-electron chi connectivity index (χ0n) is 42.6. The third-order valence-electron chi connectivity index (χ3n) is 14.6. The van der Waals surface area contributed by atoms with Gasteiger partial charge in [-0.2, -0.15) is 0 Å². The highest BCUT2D eigenvalue weighted by atomic mass is 16.7. The minimum absolute atomic E-state index is 0.00365. The van der Waals surface area contributed by atoms with Gasteiger partial charge in [-0.15, -0.1) is 0 Å². The minimum Gasteiger partial charge on any atom is -0.466 e. The summed E-state index contributed by atoms with van der Waals surface area (Å²) in [6.07, 6.45) is -9.15. The minimum atomic E-state index is -1.49. The molecule has 0 spiro atoms. The fraction of sp³-hybridized carbons (Fsp3) is 0.898. The van der Waals surface area contributed by atoms with Gasteiger partial charge in [0.15, 0.2) is 18.9 Å². The van der Waals surface area contributed by atoms with Crippen molar-refractivity contribution < 1.29 is 87.3 Å². The van der Waals surface area contributed by atoms with Crippen LogP contribution in [0.5, 0.6) is 0 Å². The van der Waals surface area contributed by atoms with Crippen LogP contribution in [-0.2, 0) is 61.8 Å². The summed E-state index contributed by atoms with van der Waals surface area (Å²) >= 11 is 0. The van der Waals surface area contributed by atoms with Gasteiger partial charge in [-0.3, -0.25) is 9.59 Å². The molecule has 0 amide bonds. The van der Waals surface area contributed by atoms with Crippen LogP contribution in [0, 0.1) is 29.6 Å². The predicted molar refractivity (Wildman–Crippen MR) is 246 cm³/mol. The maximum Gasteiger partial charge on any atom is 0.330 e. The third-order valence-corrected chi connectivity index (χ3v) is 14.6. The number of hydrogen-bond donors (Lipinski definition) is 5. The van der Waals surface area contributed by atoms with E-state index in [0.717, 1.165) is 0 Å². The third kappa shape index (κ3) is 15.2. The summed E-state index contributed by atoms with van der Waals surface area (Å²) in [5.74, 6) is -3.43. The number of ketones is 1. The number of allylic oxidation sites excluding steroid dienone is 1. The van der Waals surface area contributed by atoms with Gasteiger partial charge in [-0.1, -0.05) is 33.8 Å². The number of carbonyl (C=O) groups is 3. The summed E-state index contributed by atoms with van der Waals surface area (Å²) in [6.45, 7) is 14.2. The molecule has 4 heterocycles. The molecule has 0 aromatic rings. The highest BCUT2D eigenvalue weighted by Gasteiger charge is 2.52. The Morgan fingerprint density at radius 1 is 0.824 bits per heavy atom. The number of nitrogens with zero attached hydrogens (tertiary/aromatic N) is 1. The van der Waals surface area contributed by atoms with E-state index in [1.165, 1.54) is 34.3 Å². The Morgan fingerprint density at radius 3 is 2.09 bits per heavy atom. The summed E-state index contributed by atoms with van der Waals surface area (Å²) in [6, 6.07) is -0.745. The topological polar surface area (TPSA) is 248 Å². The van der Waals surface area contributed by atoms with Crippen molar-refractivity contribution in [2.75, 3.05) is 42.0 Å². The van der Waals surface area contributed by atoms with Crippen LogP contribution in [0.3, 0.4) is 0 Å². The molecule has 0 aromatic heterocycles. The van der Waals surface area contributed by atoms with E-state index in [9.17, 15) is 39.9 Å². The summed E-state index contributed by atoms with van der Waals surface area (Å²) in [5.41, 5.74) is -1.49. The van der Waals surface area contributed by atoms with Crippen molar-refractivity contribution in [2.24, 2.45) is 29.6 Å². The molecule has 0 radical (unpaired) electrons. The lowest BCUT2D eigenvalue weighted by atomic mass is 9.78. The summed E-state index contributed by atoms with van der Waals surface area (Å²) < 4.78 is 60.2. The van der Waals surface area contributed by atoms with Crippen molar-refractivity contribution in [1.29, 1.82) is 0 Å². The summed E-state index contributed by atoms with van der Waals surface area (Å²) in [5, 5.41) is 56.3. The van der Waals surface area contributed by atoms with Crippen molar-refractivity contribution in [3.8, 4) is 0 Å². The van der Waals surface area contributed by atoms with Crippen LogP contribution >= 0.6 is 0 Å². The monoisotopic (exact) mass is 976 g/mol. The molecule has 22 atom stereocenters. The maximum atomic E-state index is 14.1. The van der Waals surface area contributed by atoms with Gasteiger partial charge in [-0.25, -0.2) is 4.79 Å². The predicted octanol–water partition coefficient (Wildman–Crippen LogP) is 2.67. The molecule has 0 saturated carbocycles. The molecule has 394 valence electrons. The molecule has 0 aliphatic carbocycles. The SMILES string of the molecule is CC[C@H]1OC(=O)C[C@@H](O)[C@@H](C)[C@@H](O[C@H]2O[C@@H](C)[C@@H](O[C@@H]3C[C@@](C)(O)[C@@H](O)[C@H](C)O3)[C@@H](N(C)C)[C@@H]2O)[C@@H](C/C=C/C(=O)OC)C[C@@H](C)C(=O)CCC(C)C[C@@H]1CO[C@@H]1O[C@H](C)[C@@H](O)[C@@H](OC)[C@H]1OC. The van der Waals surface area contributed by atoms with Gasteiger partial charge < -0.3 is 77.8 Å². The molecule has 68 heavy (non-hydrogen) atoms. The Hall–Kier alpha value is -2.21. The Balaban J connectivity index is 1.65. The molecule has 1 unspecified atom stereocenters. The number of rotatable bonds is 14. The van der Waals surface area contributed by atoms with Crippen LogP contribution in [0.15, 0.2) is 12.2 Å². The molecule has 4 aliphatic heterocycles. The maximum absolute atomic E-state index is 14.1. The molecule has 4 rings (SSSR count). The molecular formula is C49H85NO18. The summed E-state index contributed by atoms with van der Waals surface area (Å²) in [4.78, 5) is 42.1. The molecule has 0 bridgehead atoms. The fourth-order valence-electron chi connectivity index (χ4n) is 10.4. The van der Waals surface area contributed by atoms with E-state index < -0.39 is 140 Å². The second-order valence-electron chi connectivity index (χ2n) is 20.3. The molecule has 0 aromatic carbocycles.